The Hall–Kier alpha value is -3.59. The van der Waals surface area contributed by atoms with Crippen LogP contribution in [0.3, 0.4) is 0 Å². The molecule has 1 unspecified atom stereocenters. The SMILES string of the molecule is COc1ccc(-c2noc(CN3CCC(C(=O)NC(C)COc4ccc(C)c(C)c4)CC3)n2)cc1OC. The molecule has 0 aliphatic carbocycles. The summed E-state index contributed by atoms with van der Waals surface area (Å²) in [5.74, 6) is 3.21. The van der Waals surface area contributed by atoms with Crippen LogP contribution in [0.5, 0.6) is 17.2 Å². The third kappa shape index (κ3) is 6.80. The fourth-order valence-electron chi connectivity index (χ4n) is 4.38. The van der Waals surface area contributed by atoms with Gasteiger partial charge in [-0.05, 0) is 88.2 Å². The first-order chi connectivity index (χ1) is 17.9. The molecule has 0 radical (unpaired) electrons. The number of carbonyl (C=O) groups excluding carboxylic acids is 1. The molecular weight excluding hydrogens is 472 g/mol. The molecule has 1 aliphatic heterocycles. The van der Waals surface area contributed by atoms with Crippen LogP contribution >= 0.6 is 0 Å². The van der Waals surface area contributed by atoms with E-state index in [9.17, 15) is 4.79 Å². The smallest absolute Gasteiger partial charge is 0.241 e. The van der Waals surface area contributed by atoms with Crippen molar-refractivity contribution in [3.05, 3.63) is 53.4 Å². The van der Waals surface area contributed by atoms with Crippen LogP contribution in [0.1, 0.15) is 36.8 Å². The summed E-state index contributed by atoms with van der Waals surface area (Å²) in [6, 6.07) is 11.5. The molecule has 37 heavy (non-hydrogen) atoms. The molecule has 1 fully saturated rings. The van der Waals surface area contributed by atoms with E-state index in [0.717, 1.165) is 37.2 Å². The lowest BCUT2D eigenvalue weighted by Gasteiger charge is -2.30. The fourth-order valence-corrected chi connectivity index (χ4v) is 4.38. The summed E-state index contributed by atoms with van der Waals surface area (Å²) >= 11 is 0. The molecule has 4 rings (SSSR count). The van der Waals surface area contributed by atoms with Crippen LogP contribution in [-0.2, 0) is 11.3 Å². The largest absolute Gasteiger partial charge is 0.493 e. The molecule has 1 aromatic heterocycles. The number of hydrogen-bond donors (Lipinski definition) is 1. The number of carbonyl (C=O) groups is 1. The zero-order valence-electron chi connectivity index (χ0n) is 22.2. The third-order valence-corrected chi connectivity index (χ3v) is 6.79. The van der Waals surface area contributed by atoms with Crippen molar-refractivity contribution < 1.29 is 23.5 Å². The zero-order valence-corrected chi connectivity index (χ0v) is 22.2. The van der Waals surface area contributed by atoms with Crippen molar-refractivity contribution in [3.63, 3.8) is 0 Å². The highest BCUT2D eigenvalue weighted by molar-refractivity contribution is 5.79. The predicted octanol–water partition coefficient (Wildman–Crippen LogP) is 4.17. The van der Waals surface area contributed by atoms with Crippen LogP contribution in [0.2, 0.25) is 0 Å². The summed E-state index contributed by atoms with van der Waals surface area (Å²) in [5.41, 5.74) is 3.22. The van der Waals surface area contributed by atoms with Crippen molar-refractivity contribution in [2.75, 3.05) is 33.9 Å². The van der Waals surface area contributed by atoms with E-state index in [1.165, 1.54) is 11.1 Å². The molecule has 1 N–H and O–H groups in total. The second-order valence-electron chi connectivity index (χ2n) is 9.60. The first kappa shape index (κ1) is 26.5. The van der Waals surface area contributed by atoms with E-state index < -0.39 is 0 Å². The highest BCUT2D eigenvalue weighted by Crippen LogP contribution is 2.31. The van der Waals surface area contributed by atoms with Gasteiger partial charge in [0.2, 0.25) is 17.6 Å². The van der Waals surface area contributed by atoms with E-state index in [2.05, 4.69) is 34.2 Å². The molecule has 9 nitrogen and oxygen atoms in total. The van der Waals surface area contributed by atoms with Crippen LogP contribution in [-0.4, -0.2) is 60.9 Å². The summed E-state index contributed by atoms with van der Waals surface area (Å²) in [7, 11) is 3.19. The lowest BCUT2D eigenvalue weighted by Crippen LogP contribution is -2.44. The molecule has 198 valence electrons. The van der Waals surface area contributed by atoms with Crippen LogP contribution in [0.15, 0.2) is 40.9 Å². The van der Waals surface area contributed by atoms with E-state index in [4.69, 9.17) is 18.7 Å². The maximum atomic E-state index is 12.8. The number of nitrogens with zero attached hydrogens (tertiary/aromatic N) is 3. The third-order valence-electron chi connectivity index (χ3n) is 6.79. The summed E-state index contributed by atoms with van der Waals surface area (Å²) in [5, 5.41) is 7.23. The molecule has 1 saturated heterocycles. The van der Waals surface area contributed by atoms with Gasteiger partial charge >= 0.3 is 0 Å². The van der Waals surface area contributed by atoms with E-state index in [-0.39, 0.29) is 17.9 Å². The second kappa shape index (κ2) is 12.1. The summed E-state index contributed by atoms with van der Waals surface area (Å²) in [6.45, 7) is 8.68. The molecule has 3 aromatic rings. The summed E-state index contributed by atoms with van der Waals surface area (Å²) < 4.78 is 22.0. The number of piperidine rings is 1. The van der Waals surface area contributed by atoms with Crippen molar-refractivity contribution >= 4 is 5.91 Å². The molecule has 1 atom stereocenters. The Bertz CT molecular complexity index is 1200. The lowest BCUT2D eigenvalue weighted by molar-refractivity contribution is -0.127. The molecule has 1 amide bonds. The number of aromatic nitrogens is 2. The van der Waals surface area contributed by atoms with Gasteiger partial charge in [-0.2, -0.15) is 4.98 Å². The minimum absolute atomic E-state index is 0.00895. The number of amides is 1. The molecule has 1 aliphatic rings. The van der Waals surface area contributed by atoms with E-state index >= 15 is 0 Å². The average molecular weight is 509 g/mol. The van der Waals surface area contributed by atoms with Crippen LogP contribution < -0.4 is 19.5 Å². The molecule has 0 bridgehead atoms. The van der Waals surface area contributed by atoms with E-state index in [0.29, 0.717) is 36.4 Å². The van der Waals surface area contributed by atoms with Gasteiger partial charge in [0.15, 0.2) is 11.5 Å². The van der Waals surface area contributed by atoms with Crippen molar-refractivity contribution in [1.29, 1.82) is 0 Å². The highest BCUT2D eigenvalue weighted by Gasteiger charge is 2.27. The Labute approximate surface area is 218 Å². The second-order valence-corrected chi connectivity index (χ2v) is 9.60. The van der Waals surface area contributed by atoms with Gasteiger partial charge in [0, 0.05) is 11.5 Å². The van der Waals surface area contributed by atoms with Gasteiger partial charge in [0.05, 0.1) is 26.8 Å². The van der Waals surface area contributed by atoms with Gasteiger partial charge in [0.1, 0.15) is 12.4 Å². The monoisotopic (exact) mass is 508 g/mol. The Morgan fingerprint density at radius 2 is 1.84 bits per heavy atom. The normalized spacial score (nSPS) is 15.3. The van der Waals surface area contributed by atoms with Gasteiger partial charge < -0.3 is 24.1 Å². The van der Waals surface area contributed by atoms with Gasteiger partial charge in [0.25, 0.3) is 0 Å². The molecular formula is C28H36N4O5. The average Bonchev–Trinajstić information content (AvgIpc) is 3.37. The van der Waals surface area contributed by atoms with Crippen molar-refractivity contribution in [2.45, 2.75) is 46.2 Å². The van der Waals surface area contributed by atoms with Gasteiger partial charge in [-0.25, -0.2) is 0 Å². The fraction of sp³-hybridized carbons (Fsp3) is 0.464. The molecule has 2 aromatic carbocycles. The van der Waals surface area contributed by atoms with Crippen LogP contribution in [0.25, 0.3) is 11.4 Å². The lowest BCUT2D eigenvalue weighted by atomic mass is 9.95. The van der Waals surface area contributed by atoms with E-state index in [1.54, 1.807) is 14.2 Å². The molecule has 0 spiro atoms. The Balaban J connectivity index is 1.22. The molecule has 9 heteroatoms. The summed E-state index contributed by atoms with van der Waals surface area (Å²) in [4.78, 5) is 19.6. The van der Waals surface area contributed by atoms with Gasteiger partial charge in [-0.3, -0.25) is 9.69 Å². The maximum absolute atomic E-state index is 12.8. The topological polar surface area (TPSA) is 99.0 Å². The predicted molar refractivity (Wildman–Crippen MR) is 140 cm³/mol. The van der Waals surface area contributed by atoms with Gasteiger partial charge in [-0.1, -0.05) is 11.2 Å². The molecule has 0 saturated carbocycles. The zero-order chi connectivity index (χ0) is 26.4. The van der Waals surface area contributed by atoms with Crippen molar-refractivity contribution in [2.24, 2.45) is 5.92 Å². The minimum Gasteiger partial charge on any atom is -0.493 e. The van der Waals surface area contributed by atoms with Crippen molar-refractivity contribution in [1.82, 2.24) is 20.4 Å². The Morgan fingerprint density at radius 1 is 1.08 bits per heavy atom. The number of ether oxygens (including phenoxy) is 3. The number of likely N-dealkylation sites (tertiary alicyclic amines) is 1. The van der Waals surface area contributed by atoms with Crippen molar-refractivity contribution in [3.8, 4) is 28.6 Å². The number of aryl methyl sites for hydroxylation is 2. The van der Waals surface area contributed by atoms with E-state index in [1.807, 2.05) is 43.3 Å². The summed E-state index contributed by atoms with van der Waals surface area (Å²) in [6.07, 6.45) is 1.57. The number of hydrogen-bond acceptors (Lipinski definition) is 8. The maximum Gasteiger partial charge on any atom is 0.241 e. The number of nitrogens with one attached hydrogen (secondary N) is 1. The minimum atomic E-state index is -0.0690. The first-order valence-electron chi connectivity index (χ1n) is 12.6. The van der Waals surface area contributed by atoms with Crippen LogP contribution in [0.4, 0.5) is 0 Å². The quantitative estimate of drug-likeness (QED) is 0.436. The number of benzene rings is 2. The highest BCUT2D eigenvalue weighted by atomic mass is 16.5. The number of rotatable bonds is 10. The Morgan fingerprint density at radius 3 is 2.54 bits per heavy atom. The Kier molecular flexibility index (Phi) is 8.66. The molecule has 2 heterocycles. The standard InChI is InChI=1S/C28H36N4O5/c1-18-6-8-23(14-19(18)2)36-17-20(3)29-28(33)21-10-12-32(13-11-21)16-26-30-27(31-37-26)22-7-9-24(34-4)25(15-22)35-5/h6-9,14-15,20-21H,10-13,16-17H2,1-5H3,(H,29,33). The van der Waals surface area contributed by atoms with Crippen LogP contribution in [0, 0.1) is 19.8 Å². The number of methoxy groups -OCH3 is 2. The first-order valence-corrected chi connectivity index (χ1v) is 12.6. The van der Waals surface area contributed by atoms with Gasteiger partial charge in [-0.15, -0.1) is 0 Å².